The minimum absolute atomic E-state index is 0.620. The van der Waals surface area contributed by atoms with Crippen LogP contribution in [-0.2, 0) is 6.54 Å². The van der Waals surface area contributed by atoms with Crippen LogP contribution in [0.15, 0.2) is 18.2 Å². The van der Waals surface area contributed by atoms with Gasteiger partial charge in [-0.25, -0.2) is 0 Å². The smallest absolute Gasteiger partial charge is 0.0346 e. The highest BCUT2D eigenvalue weighted by Gasteiger charge is 2.21. The number of rotatable bonds is 2. The fourth-order valence-corrected chi connectivity index (χ4v) is 2.51. The van der Waals surface area contributed by atoms with Crippen molar-refractivity contribution in [2.45, 2.75) is 26.4 Å². The third-order valence-electron chi connectivity index (χ3n) is 3.83. The minimum Gasteiger partial charge on any atom is -0.399 e. The predicted octanol–water partition coefficient (Wildman–Crippen LogP) is 1.71. The molecule has 1 atom stereocenters. The van der Waals surface area contributed by atoms with Crippen molar-refractivity contribution in [3.8, 4) is 0 Å². The van der Waals surface area contributed by atoms with Crippen LogP contribution in [0.3, 0.4) is 0 Å². The van der Waals surface area contributed by atoms with E-state index in [-0.39, 0.29) is 0 Å². The lowest BCUT2D eigenvalue weighted by Crippen LogP contribution is -2.49. The van der Waals surface area contributed by atoms with Crippen LogP contribution in [-0.4, -0.2) is 42.5 Å². The van der Waals surface area contributed by atoms with E-state index in [9.17, 15) is 0 Å². The molecule has 0 aromatic heterocycles. The molecule has 3 nitrogen and oxygen atoms in total. The Morgan fingerprint density at radius 3 is 2.82 bits per heavy atom. The zero-order chi connectivity index (χ0) is 12.4. The van der Waals surface area contributed by atoms with Gasteiger partial charge in [-0.3, -0.25) is 4.90 Å². The first-order chi connectivity index (χ1) is 8.08. The molecule has 0 radical (unpaired) electrons. The number of nitrogens with zero attached hydrogens (tertiary/aromatic N) is 2. The number of hydrogen-bond acceptors (Lipinski definition) is 3. The Bertz CT molecular complexity index is 389. The first-order valence-electron chi connectivity index (χ1n) is 6.34. The van der Waals surface area contributed by atoms with Crippen LogP contribution >= 0.6 is 0 Å². The van der Waals surface area contributed by atoms with E-state index in [1.807, 2.05) is 6.07 Å². The van der Waals surface area contributed by atoms with Gasteiger partial charge in [0.05, 0.1) is 0 Å². The van der Waals surface area contributed by atoms with Crippen molar-refractivity contribution in [1.29, 1.82) is 0 Å². The van der Waals surface area contributed by atoms with Crippen molar-refractivity contribution in [2.75, 3.05) is 32.4 Å². The maximum Gasteiger partial charge on any atom is 0.0346 e. The molecule has 0 amide bonds. The van der Waals surface area contributed by atoms with E-state index >= 15 is 0 Å². The summed E-state index contributed by atoms with van der Waals surface area (Å²) >= 11 is 0. The fraction of sp³-hybridized carbons (Fsp3) is 0.571. The van der Waals surface area contributed by atoms with Crippen LogP contribution in [0.2, 0.25) is 0 Å². The van der Waals surface area contributed by atoms with Gasteiger partial charge < -0.3 is 10.6 Å². The second-order valence-corrected chi connectivity index (χ2v) is 5.21. The third kappa shape index (κ3) is 2.79. The molecule has 17 heavy (non-hydrogen) atoms. The zero-order valence-corrected chi connectivity index (χ0v) is 11.1. The summed E-state index contributed by atoms with van der Waals surface area (Å²) in [5.41, 5.74) is 9.46. The predicted molar refractivity (Wildman–Crippen MR) is 73.0 cm³/mol. The Kier molecular flexibility index (Phi) is 3.69. The van der Waals surface area contributed by atoms with Crippen molar-refractivity contribution >= 4 is 5.69 Å². The highest BCUT2D eigenvalue weighted by Crippen LogP contribution is 2.19. The summed E-state index contributed by atoms with van der Waals surface area (Å²) in [6, 6.07) is 6.84. The van der Waals surface area contributed by atoms with Gasteiger partial charge in [-0.1, -0.05) is 12.1 Å². The lowest BCUT2D eigenvalue weighted by Gasteiger charge is -2.38. The van der Waals surface area contributed by atoms with Crippen LogP contribution in [0.1, 0.15) is 18.1 Å². The van der Waals surface area contributed by atoms with E-state index < -0.39 is 0 Å². The van der Waals surface area contributed by atoms with Gasteiger partial charge in [0.15, 0.2) is 0 Å². The summed E-state index contributed by atoms with van der Waals surface area (Å²) in [5.74, 6) is 0. The lowest BCUT2D eigenvalue weighted by atomic mass is 10.0. The van der Waals surface area contributed by atoms with Gasteiger partial charge in [-0.05, 0) is 38.1 Å². The molecule has 2 N–H and O–H groups in total. The Hall–Kier alpha value is -1.06. The first kappa shape index (κ1) is 12.4. The molecule has 3 heteroatoms. The summed E-state index contributed by atoms with van der Waals surface area (Å²) in [4.78, 5) is 4.94. The quantitative estimate of drug-likeness (QED) is 0.789. The average Bonchev–Trinajstić information content (AvgIpc) is 2.28. The summed E-state index contributed by atoms with van der Waals surface area (Å²) in [5, 5.41) is 0. The van der Waals surface area contributed by atoms with E-state index in [1.54, 1.807) is 0 Å². The van der Waals surface area contributed by atoms with E-state index in [1.165, 1.54) is 11.1 Å². The second-order valence-electron chi connectivity index (χ2n) is 5.21. The molecular weight excluding hydrogens is 210 g/mol. The Morgan fingerprint density at radius 2 is 2.12 bits per heavy atom. The monoisotopic (exact) mass is 233 g/mol. The maximum atomic E-state index is 5.96. The van der Waals surface area contributed by atoms with Gasteiger partial charge in [0.25, 0.3) is 0 Å². The summed E-state index contributed by atoms with van der Waals surface area (Å²) in [6.07, 6.45) is 0. The molecule has 1 aromatic carbocycles. The topological polar surface area (TPSA) is 32.5 Å². The molecule has 1 unspecified atom stereocenters. The van der Waals surface area contributed by atoms with Gasteiger partial charge >= 0.3 is 0 Å². The molecule has 0 spiro atoms. The normalized spacial score (nSPS) is 22.9. The van der Waals surface area contributed by atoms with Gasteiger partial charge in [-0.15, -0.1) is 0 Å². The van der Waals surface area contributed by atoms with E-state index in [0.717, 1.165) is 31.9 Å². The zero-order valence-electron chi connectivity index (χ0n) is 11.1. The minimum atomic E-state index is 0.620. The summed E-state index contributed by atoms with van der Waals surface area (Å²) < 4.78 is 0. The third-order valence-corrected chi connectivity index (χ3v) is 3.83. The molecule has 0 bridgehead atoms. The first-order valence-corrected chi connectivity index (χ1v) is 6.34. The number of anilines is 1. The van der Waals surface area contributed by atoms with Crippen molar-refractivity contribution < 1.29 is 0 Å². The van der Waals surface area contributed by atoms with Crippen molar-refractivity contribution in [2.24, 2.45) is 0 Å². The Morgan fingerprint density at radius 1 is 1.35 bits per heavy atom. The molecule has 1 fully saturated rings. The van der Waals surface area contributed by atoms with Gasteiger partial charge in [-0.2, -0.15) is 0 Å². The SMILES string of the molecule is Cc1c(N)cccc1CN1CCN(C)CC1C. The lowest BCUT2D eigenvalue weighted by molar-refractivity contribution is 0.0937. The number of hydrogen-bond donors (Lipinski definition) is 1. The maximum absolute atomic E-state index is 5.96. The summed E-state index contributed by atoms with van der Waals surface area (Å²) in [6.45, 7) is 8.90. The highest BCUT2D eigenvalue weighted by molar-refractivity contribution is 5.49. The number of nitrogens with two attached hydrogens (primary N) is 1. The molecule has 1 heterocycles. The largest absolute Gasteiger partial charge is 0.399 e. The molecule has 1 aromatic rings. The van der Waals surface area contributed by atoms with Gasteiger partial charge in [0, 0.05) is 37.9 Å². The van der Waals surface area contributed by atoms with Gasteiger partial charge in [0.1, 0.15) is 0 Å². The standard InChI is InChI=1S/C14H23N3/c1-11-9-16(3)7-8-17(11)10-13-5-4-6-14(15)12(13)2/h4-6,11H,7-10,15H2,1-3H3. The van der Waals surface area contributed by atoms with Crippen molar-refractivity contribution in [1.82, 2.24) is 9.80 Å². The molecular formula is C14H23N3. The van der Waals surface area contributed by atoms with Gasteiger partial charge in [0.2, 0.25) is 0 Å². The fourth-order valence-electron chi connectivity index (χ4n) is 2.51. The highest BCUT2D eigenvalue weighted by atomic mass is 15.3. The van der Waals surface area contributed by atoms with E-state index in [0.29, 0.717) is 6.04 Å². The molecule has 1 aliphatic heterocycles. The average molecular weight is 233 g/mol. The molecule has 2 rings (SSSR count). The van der Waals surface area contributed by atoms with Crippen molar-refractivity contribution in [3.63, 3.8) is 0 Å². The number of likely N-dealkylation sites (N-methyl/N-ethyl adjacent to an activating group) is 1. The second kappa shape index (κ2) is 5.07. The number of nitrogen functional groups attached to an aromatic ring is 1. The summed E-state index contributed by atoms with van der Waals surface area (Å²) in [7, 11) is 2.19. The Balaban J connectivity index is 2.08. The molecule has 0 saturated carbocycles. The number of benzene rings is 1. The molecule has 0 aliphatic carbocycles. The van der Waals surface area contributed by atoms with Crippen LogP contribution < -0.4 is 5.73 Å². The molecule has 94 valence electrons. The van der Waals surface area contributed by atoms with E-state index in [2.05, 4.69) is 42.8 Å². The van der Waals surface area contributed by atoms with Crippen LogP contribution in [0.4, 0.5) is 5.69 Å². The van der Waals surface area contributed by atoms with E-state index in [4.69, 9.17) is 5.73 Å². The van der Waals surface area contributed by atoms with Crippen LogP contribution in [0.5, 0.6) is 0 Å². The number of piperazine rings is 1. The Labute approximate surface area is 104 Å². The molecule has 1 saturated heterocycles. The van der Waals surface area contributed by atoms with Crippen LogP contribution in [0.25, 0.3) is 0 Å². The van der Waals surface area contributed by atoms with Crippen molar-refractivity contribution in [3.05, 3.63) is 29.3 Å². The molecule has 1 aliphatic rings. The van der Waals surface area contributed by atoms with Crippen LogP contribution in [0, 0.1) is 6.92 Å².